The minimum absolute atomic E-state index is 0. The molecular weight excluding hydrogens is 428 g/mol. The van der Waals surface area contributed by atoms with Gasteiger partial charge in [-0.05, 0) is 39.8 Å². The van der Waals surface area contributed by atoms with Crippen LogP contribution in [0.4, 0.5) is 0 Å². The summed E-state index contributed by atoms with van der Waals surface area (Å²) in [5.74, 6) is 0. The van der Waals surface area contributed by atoms with Crippen LogP contribution in [0.25, 0.3) is 0 Å². The molecule has 2 heterocycles. The second kappa shape index (κ2) is 14.4. The number of ether oxygens (including phenoxy) is 1. The Bertz CT molecular complexity index is 666. The molecule has 0 spiro atoms. The van der Waals surface area contributed by atoms with Crippen LogP contribution in [-0.4, -0.2) is 42.9 Å². The van der Waals surface area contributed by atoms with E-state index in [-0.39, 0.29) is 17.1 Å². The van der Waals surface area contributed by atoms with Crippen molar-refractivity contribution in [3.05, 3.63) is 65.6 Å². The topological polar surface area (TPSA) is 177 Å². The van der Waals surface area contributed by atoms with E-state index >= 15 is 0 Å². The van der Waals surface area contributed by atoms with Crippen LogP contribution in [0.15, 0.2) is 12.1 Å². The van der Waals surface area contributed by atoms with Gasteiger partial charge in [-0.15, -0.1) is 0 Å². The minimum atomic E-state index is -1.75. The van der Waals surface area contributed by atoms with Crippen molar-refractivity contribution in [3.63, 3.8) is 0 Å². The molecule has 0 aliphatic rings. The monoisotopic (exact) mass is 449 g/mol. The molecule has 161 valence electrons. The molecular formula is C14H22CuN6O7. The Morgan fingerprint density at radius 2 is 1.11 bits per heavy atom. The second-order valence-corrected chi connectivity index (χ2v) is 5.36. The van der Waals surface area contributed by atoms with Gasteiger partial charge in [-0.1, -0.05) is 0 Å². The largest absolute Gasteiger partial charge is 2.00 e. The summed E-state index contributed by atoms with van der Waals surface area (Å²) < 4.78 is 9.62. The Labute approximate surface area is 171 Å². The molecule has 0 unspecified atom stereocenters. The Kier molecular flexibility index (Phi) is 14.1. The first kappa shape index (κ1) is 27.5. The van der Waals surface area contributed by atoms with Crippen molar-refractivity contribution in [1.29, 1.82) is 0 Å². The van der Waals surface area contributed by atoms with Crippen LogP contribution in [-0.2, 0) is 34.9 Å². The van der Waals surface area contributed by atoms with E-state index in [0.717, 1.165) is 24.5 Å². The van der Waals surface area contributed by atoms with E-state index in [0.29, 0.717) is 13.2 Å². The summed E-state index contributed by atoms with van der Waals surface area (Å²) in [6, 6.07) is 4.16. The van der Waals surface area contributed by atoms with E-state index in [1.807, 2.05) is 23.2 Å². The molecule has 0 fully saturated rings. The van der Waals surface area contributed by atoms with Crippen LogP contribution in [0, 0.1) is 58.3 Å². The third-order valence-electron chi connectivity index (χ3n) is 3.10. The van der Waals surface area contributed by atoms with E-state index in [2.05, 4.69) is 36.2 Å². The van der Waals surface area contributed by atoms with Gasteiger partial charge in [0.05, 0.1) is 47.9 Å². The fourth-order valence-corrected chi connectivity index (χ4v) is 2.21. The fraction of sp³-hybridized carbons (Fsp3) is 0.571. The van der Waals surface area contributed by atoms with Gasteiger partial charge in [0.2, 0.25) is 0 Å². The molecule has 0 saturated heterocycles. The zero-order valence-electron chi connectivity index (χ0n) is 15.8. The molecule has 0 bridgehead atoms. The molecule has 28 heavy (non-hydrogen) atoms. The molecule has 1 radical (unpaired) electrons. The molecule has 0 amide bonds. The van der Waals surface area contributed by atoms with Crippen molar-refractivity contribution in [2.75, 3.05) is 13.2 Å². The van der Waals surface area contributed by atoms with Crippen LogP contribution >= 0.6 is 0 Å². The van der Waals surface area contributed by atoms with E-state index < -0.39 is 10.2 Å². The average Bonchev–Trinajstić information content (AvgIpc) is 2.98. The van der Waals surface area contributed by atoms with Gasteiger partial charge in [0.1, 0.15) is 0 Å². The molecule has 0 N–H and O–H groups in total. The number of aryl methyl sites for hydroxylation is 4. The van der Waals surface area contributed by atoms with Crippen LogP contribution in [0.1, 0.15) is 22.8 Å². The SMILES string of the molecule is Cc1cc(C)n(CCOCCn2nc(C)cc2C)n1.O=[N+]([O-])[O-].O=[N+]([O-])[O-].[Cu+2]. The quantitative estimate of drug-likeness (QED) is 0.273. The van der Waals surface area contributed by atoms with Crippen molar-refractivity contribution in [1.82, 2.24) is 19.6 Å². The van der Waals surface area contributed by atoms with Gasteiger partial charge in [0.25, 0.3) is 0 Å². The Hall–Kier alpha value is -2.70. The molecule has 2 rings (SSSR count). The minimum Gasteiger partial charge on any atom is -0.378 e. The van der Waals surface area contributed by atoms with Gasteiger partial charge in [-0.2, -0.15) is 10.2 Å². The Balaban J connectivity index is 0. The maximum absolute atomic E-state index is 8.25. The zero-order chi connectivity index (χ0) is 21.0. The molecule has 0 atom stereocenters. The van der Waals surface area contributed by atoms with E-state index in [1.54, 1.807) is 0 Å². The molecule has 0 aliphatic heterocycles. The third kappa shape index (κ3) is 13.5. The zero-order valence-corrected chi connectivity index (χ0v) is 16.8. The summed E-state index contributed by atoms with van der Waals surface area (Å²) in [5, 5.41) is 38.3. The van der Waals surface area contributed by atoms with Crippen molar-refractivity contribution in [2.45, 2.75) is 40.8 Å². The molecule has 0 aromatic carbocycles. The Morgan fingerprint density at radius 3 is 1.32 bits per heavy atom. The van der Waals surface area contributed by atoms with Gasteiger partial charge in [0, 0.05) is 11.4 Å². The Morgan fingerprint density at radius 1 is 0.821 bits per heavy atom. The van der Waals surface area contributed by atoms with Gasteiger partial charge < -0.3 is 35.4 Å². The number of hydrogen-bond acceptors (Lipinski definition) is 9. The fourth-order valence-electron chi connectivity index (χ4n) is 2.21. The molecule has 14 heteroatoms. The molecule has 13 nitrogen and oxygen atoms in total. The van der Waals surface area contributed by atoms with Crippen LogP contribution < -0.4 is 0 Å². The molecule has 2 aromatic heterocycles. The van der Waals surface area contributed by atoms with Crippen molar-refractivity contribution >= 4 is 0 Å². The van der Waals surface area contributed by atoms with Crippen molar-refractivity contribution in [3.8, 4) is 0 Å². The first-order valence-corrected chi connectivity index (χ1v) is 7.75. The number of rotatable bonds is 6. The first-order chi connectivity index (χ1) is 12.5. The van der Waals surface area contributed by atoms with Gasteiger partial charge >= 0.3 is 17.1 Å². The van der Waals surface area contributed by atoms with Crippen molar-refractivity contribution in [2.24, 2.45) is 0 Å². The van der Waals surface area contributed by atoms with E-state index in [4.69, 9.17) is 35.4 Å². The van der Waals surface area contributed by atoms with Crippen LogP contribution in [0.2, 0.25) is 0 Å². The molecule has 2 aromatic rings. The summed E-state index contributed by atoms with van der Waals surface area (Å²) in [6.45, 7) is 11.1. The summed E-state index contributed by atoms with van der Waals surface area (Å²) >= 11 is 0. The van der Waals surface area contributed by atoms with Crippen molar-refractivity contribution < 1.29 is 32.0 Å². The number of nitrogens with zero attached hydrogens (tertiary/aromatic N) is 6. The average molecular weight is 450 g/mol. The number of hydrogen-bond donors (Lipinski definition) is 0. The summed E-state index contributed by atoms with van der Waals surface area (Å²) in [6.07, 6.45) is 0. The molecule has 0 aliphatic carbocycles. The predicted octanol–water partition coefficient (Wildman–Crippen LogP) is 1.55. The summed E-state index contributed by atoms with van der Waals surface area (Å²) in [5.41, 5.74) is 4.47. The third-order valence-corrected chi connectivity index (χ3v) is 3.10. The standard InChI is InChI=1S/C14H22N4O.Cu.2NO3/c1-11-9-13(3)17(15-11)5-7-19-8-6-18-14(4)10-12(2)16-18;;2*2-1(3)4/h9-10H,5-8H2,1-4H3;;;/q;+2;2*-1. The van der Waals surface area contributed by atoms with E-state index in [9.17, 15) is 0 Å². The van der Waals surface area contributed by atoms with Crippen LogP contribution in [0.5, 0.6) is 0 Å². The van der Waals surface area contributed by atoms with Gasteiger partial charge in [0.15, 0.2) is 0 Å². The normalized spacial score (nSPS) is 9.29. The van der Waals surface area contributed by atoms with E-state index in [1.165, 1.54) is 11.4 Å². The number of aromatic nitrogens is 4. The van der Waals surface area contributed by atoms with Gasteiger partial charge in [-0.25, -0.2) is 0 Å². The molecule has 0 saturated carbocycles. The summed E-state index contributed by atoms with van der Waals surface area (Å²) in [7, 11) is 0. The maximum atomic E-state index is 8.25. The predicted molar refractivity (Wildman–Crippen MR) is 94.9 cm³/mol. The summed E-state index contributed by atoms with van der Waals surface area (Å²) in [4.78, 5) is 16.5. The van der Waals surface area contributed by atoms with Gasteiger partial charge in [-0.3, -0.25) is 9.36 Å². The second-order valence-electron chi connectivity index (χ2n) is 5.36. The first-order valence-electron chi connectivity index (χ1n) is 7.75. The smallest absolute Gasteiger partial charge is 0.378 e. The van der Waals surface area contributed by atoms with Crippen LogP contribution in [0.3, 0.4) is 0 Å². The maximum Gasteiger partial charge on any atom is 2.00 e.